The smallest absolute Gasteiger partial charge is 0.328 e. The molecule has 0 heterocycles. The summed E-state index contributed by atoms with van der Waals surface area (Å²) >= 11 is 0. The van der Waals surface area contributed by atoms with Crippen LogP contribution >= 0.6 is 0 Å². The van der Waals surface area contributed by atoms with Crippen LogP contribution in [-0.2, 0) is 14.3 Å². The highest BCUT2D eigenvalue weighted by atomic mass is 16.5. The molecule has 0 aromatic rings. The lowest BCUT2D eigenvalue weighted by atomic mass is 10.3. The molecule has 0 fully saturated rings. The Hall–Kier alpha value is -1.38. The average molecular weight is 250 g/mol. The van der Waals surface area contributed by atoms with Gasteiger partial charge in [-0.25, -0.2) is 9.59 Å². The summed E-state index contributed by atoms with van der Waals surface area (Å²) in [5.74, 6) is -1.30. The summed E-state index contributed by atoms with van der Waals surface area (Å²) in [4.78, 5) is 21.8. The van der Waals surface area contributed by atoms with E-state index in [9.17, 15) is 9.59 Å². The molecule has 100 valence electrons. The number of urea groups is 1. The molecule has 0 aromatic heterocycles. The van der Waals surface area contributed by atoms with Crippen molar-refractivity contribution >= 4 is 12.0 Å². The van der Waals surface area contributed by atoms with Gasteiger partial charge in [0.15, 0.2) is 6.04 Å². The Kier molecular flexibility index (Phi) is 8.03. The molecule has 4 N–H and O–H groups in total. The van der Waals surface area contributed by atoms with Crippen LogP contribution < -0.4 is 10.6 Å². The number of carbonyl (C=O) groups excluding carboxylic acids is 1. The predicted octanol–water partition coefficient (Wildman–Crippen LogP) is -1.61. The van der Waals surface area contributed by atoms with Gasteiger partial charge < -0.3 is 30.3 Å². The Morgan fingerprint density at radius 3 is 2.41 bits per heavy atom. The second-order valence-electron chi connectivity index (χ2n) is 3.24. The largest absolute Gasteiger partial charge is 0.480 e. The number of carbonyl (C=O) groups is 2. The number of aliphatic carboxylic acids is 1. The highest BCUT2D eigenvalue weighted by Gasteiger charge is 2.19. The fourth-order valence-corrected chi connectivity index (χ4v) is 0.997. The van der Waals surface area contributed by atoms with Crippen LogP contribution in [0.25, 0.3) is 0 Å². The number of hydrogen-bond acceptors (Lipinski definition) is 5. The molecule has 2 amide bonds. The third-order valence-corrected chi connectivity index (χ3v) is 1.96. The highest BCUT2D eigenvalue weighted by molar-refractivity contribution is 5.82. The van der Waals surface area contributed by atoms with Gasteiger partial charge in [0.1, 0.15) is 0 Å². The lowest BCUT2D eigenvalue weighted by Gasteiger charge is -2.17. The highest BCUT2D eigenvalue weighted by Crippen LogP contribution is 1.89. The molecular formula is C9H18N2O6. The summed E-state index contributed by atoms with van der Waals surface area (Å²) in [5.41, 5.74) is 0. The lowest BCUT2D eigenvalue weighted by molar-refractivity contribution is -0.140. The van der Waals surface area contributed by atoms with Crippen molar-refractivity contribution in [2.24, 2.45) is 0 Å². The summed E-state index contributed by atoms with van der Waals surface area (Å²) in [6, 6.07) is -2.01. The van der Waals surface area contributed by atoms with Gasteiger partial charge in [0, 0.05) is 20.8 Å². The minimum Gasteiger partial charge on any atom is -0.480 e. The van der Waals surface area contributed by atoms with Gasteiger partial charge in [-0.3, -0.25) is 0 Å². The van der Waals surface area contributed by atoms with E-state index in [4.69, 9.17) is 19.7 Å². The molecule has 8 nitrogen and oxygen atoms in total. The molecule has 0 aromatic carbocycles. The van der Waals surface area contributed by atoms with Crippen molar-refractivity contribution < 1.29 is 29.3 Å². The number of rotatable bonds is 8. The zero-order valence-electron chi connectivity index (χ0n) is 9.80. The summed E-state index contributed by atoms with van der Waals surface area (Å²) in [6.07, 6.45) is -0.317. The normalized spacial score (nSPS) is 13.8. The standard InChI is InChI=1S/C9H18N2O6/c1-16-5-6(17-2)3-10-9(15)11-7(4-12)8(13)14/h6-7,12H,3-5H2,1-2H3,(H,13,14)(H2,10,11,15)/t6?,7-/m1/s1. The number of ether oxygens (including phenoxy) is 2. The predicted molar refractivity (Wildman–Crippen MR) is 57.7 cm³/mol. The number of carboxylic acid groups (broad SMARTS) is 1. The van der Waals surface area contributed by atoms with Gasteiger partial charge in [-0.2, -0.15) is 0 Å². The number of carboxylic acids is 1. The Labute approximate surface area is 98.9 Å². The van der Waals surface area contributed by atoms with Crippen LogP contribution in [0.1, 0.15) is 0 Å². The number of hydrogen-bond donors (Lipinski definition) is 4. The van der Waals surface area contributed by atoms with Gasteiger partial charge in [0.05, 0.1) is 19.3 Å². The van der Waals surface area contributed by atoms with Crippen LogP contribution in [0, 0.1) is 0 Å². The molecule has 1 unspecified atom stereocenters. The van der Waals surface area contributed by atoms with Crippen molar-refractivity contribution in [1.82, 2.24) is 10.6 Å². The monoisotopic (exact) mass is 250 g/mol. The summed E-state index contributed by atoms with van der Waals surface area (Å²) in [6.45, 7) is -0.193. The van der Waals surface area contributed by atoms with E-state index in [0.29, 0.717) is 6.61 Å². The van der Waals surface area contributed by atoms with Crippen LogP contribution in [-0.4, -0.2) is 68.3 Å². The molecule has 17 heavy (non-hydrogen) atoms. The molecular weight excluding hydrogens is 232 g/mol. The van der Waals surface area contributed by atoms with E-state index in [1.165, 1.54) is 14.2 Å². The fraction of sp³-hybridized carbons (Fsp3) is 0.778. The number of methoxy groups -OCH3 is 2. The van der Waals surface area contributed by atoms with Crippen LogP contribution in [0.5, 0.6) is 0 Å². The topological polar surface area (TPSA) is 117 Å². The molecule has 0 rings (SSSR count). The van der Waals surface area contributed by atoms with Gasteiger partial charge in [0.2, 0.25) is 0 Å². The Morgan fingerprint density at radius 1 is 1.35 bits per heavy atom. The van der Waals surface area contributed by atoms with E-state index < -0.39 is 24.6 Å². The van der Waals surface area contributed by atoms with Gasteiger partial charge in [0.25, 0.3) is 0 Å². The van der Waals surface area contributed by atoms with E-state index in [-0.39, 0.29) is 12.6 Å². The quantitative estimate of drug-likeness (QED) is 0.412. The van der Waals surface area contributed by atoms with Crippen LogP contribution in [0.2, 0.25) is 0 Å². The van der Waals surface area contributed by atoms with Crippen molar-refractivity contribution in [3.63, 3.8) is 0 Å². The first-order valence-corrected chi connectivity index (χ1v) is 4.94. The summed E-state index contributed by atoms with van der Waals surface area (Å²) < 4.78 is 9.82. The van der Waals surface area contributed by atoms with Crippen LogP contribution in [0.4, 0.5) is 4.79 Å². The molecule has 0 bridgehead atoms. The first-order valence-electron chi connectivity index (χ1n) is 4.94. The number of nitrogens with one attached hydrogen (secondary N) is 2. The van der Waals surface area contributed by atoms with E-state index in [2.05, 4.69) is 10.6 Å². The molecule has 0 saturated carbocycles. The zero-order valence-corrected chi connectivity index (χ0v) is 9.80. The third-order valence-electron chi connectivity index (χ3n) is 1.96. The second-order valence-corrected chi connectivity index (χ2v) is 3.24. The second kappa shape index (κ2) is 8.74. The van der Waals surface area contributed by atoms with E-state index >= 15 is 0 Å². The molecule has 0 aliphatic heterocycles. The van der Waals surface area contributed by atoms with Gasteiger partial charge in [-0.1, -0.05) is 0 Å². The molecule has 0 aliphatic rings. The molecule has 0 spiro atoms. The first-order chi connectivity index (χ1) is 8.04. The zero-order chi connectivity index (χ0) is 13.3. The molecule has 8 heteroatoms. The van der Waals surface area contributed by atoms with Crippen LogP contribution in [0.3, 0.4) is 0 Å². The Balaban J connectivity index is 3.96. The van der Waals surface area contributed by atoms with Crippen molar-refractivity contribution in [2.75, 3.05) is 34.0 Å². The van der Waals surface area contributed by atoms with E-state index in [0.717, 1.165) is 0 Å². The van der Waals surface area contributed by atoms with E-state index in [1.807, 2.05) is 0 Å². The minimum atomic E-state index is -1.32. The molecule has 0 aliphatic carbocycles. The summed E-state index contributed by atoms with van der Waals surface area (Å²) in [7, 11) is 2.97. The first kappa shape index (κ1) is 15.6. The van der Waals surface area contributed by atoms with Crippen molar-refractivity contribution in [2.45, 2.75) is 12.1 Å². The third kappa shape index (κ3) is 6.72. The summed E-state index contributed by atoms with van der Waals surface area (Å²) in [5, 5.41) is 21.8. The minimum absolute atomic E-state index is 0.175. The van der Waals surface area contributed by atoms with Crippen LogP contribution in [0.15, 0.2) is 0 Å². The fourth-order valence-electron chi connectivity index (χ4n) is 0.997. The van der Waals surface area contributed by atoms with Gasteiger partial charge in [-0.15, -0.1) is 0 Å². The van der Waals surface area contributed by atoms with Crippen molar-refractivity contribution in [3.05, 3.63) is 0 Å². The Bertz CT molecular complexity index is 248. The van der Waals surface area contributed by atoms with Gasteiger partial charge in [-0.05, 0) is 0 Å². The SMILES string of the molecule is COCC(CNC(=O)N[C@H](CO)C(=O)O)OC. The maximum atomic E-state index is 11.2. The molecule has 0 radical (unpaired) electrons. The van der Waals surface area contributed by atoms with Gasteiger partial charge >= 0.3 is 12.0 Å². The van der Waals surface area contributed by atoms with Crippen molar-refractivity contribution in [3.8, 4) is 0 Å². The average Bonchev–Trinajstić information content (AvgIpc) is 2.30. The number of amides is 2. The number of aliphatic hydroxyl groups is 1. The molecule has 0 saturated heterocycles. The maximum absolute atomic E-state index is 11.2. The number of aliphatic hydroxyl groups excluding tert-OH is 1. The Morgan fingerprint density at radius 2 is 2.00 bits per heavy atom. The van der Waals surface area contributed by atoms with Crippen molar-refractivity contribution in [1.29, 1.82) is 0 Å². The maximum Gasteiger partial charge on any atom is 0.328 e. The molecule has 2 atom stereocenters. The van der Waals surface area contributed by atoms with E-state index in [1.54, 1.807) is 0 Å². The lowest BCUT2D eigenvalue weighted by Crippen LogP contribution is -2.49.